The van der Waals surface area contributed by atoms with Crippen molar-refractivity contribution in [2.24, 2.45) is 23.5 Å². The van der Waals surface area contributed by atoms with Gasteiger partial charge in [0, 0.05) is 50.4 Å². The van der Waals surface area contributed by atoms with E-state index in [1.807, 2.05) is 33.8 Å². The predicted molar refractivity (Wildman–Crippen MR) is 150 cm³/mol. The smallest absolute Gasteiger partial charge is 0.405 e. The quantitative estimate of drug-likeness (QED) is 0.395. The molecule has 0 spiro atoms. The van der Waals surface area contributed by atoms with Crippen molar-refractivity contribution < 1.29 is 38.1 Å². The Hall–Kier alpha value is -3.34. The Morgan fingerprint density at radius 1 is 0.950 bits per heavy atom. The van der Waals surface area contributed by atoms with Crippen LogP contribution >= 0.6 is 0 Å². The second kappa shape index (κ2) is 14.9. The molecule has 0 aromatic heterocycles. The van der Waals surface area contributed by atoms with Gasteiger partial charge in [0.2, 0.25) is 5.78 Å². The molecule has 0 aromatic rings. The molecule has 1 aliphatic carbocycles. The molecule has 7 atom stereocenters. The van der Waals surface area contributed by atoms with E-state index in [9.17, 15) is 19.2 Å². The number of methoxy groups -OCH3 is 3. The standard InChI is InChI=1S/C30H42N2O8/c1-16-10-9-11-17(2)29(35)32-23-15-21(33)14-22(25(23)34)27(38-7)20(5)13-24(37-6)28(39-8)19(4)12-18(3)26(16)40-30(31)36/h9-12,14-16,19-20,24,26-28H,13H2,1-8H3,(H2,31,36)(H,32,35)/b10-9-,17-11-,18-12-/t16-,19+,20+,24+,26-,27-,28-/m1/s1. The molecule has 0 saturated carbocycles. The summed E-state index contributed by atoms with van der Waals surface area (Å²) in [6.45, 7) is 9.17. The molecule has 1 aliphatic heterocycles. The third kappa shape index (κ3) is 8.33. The number of hydrogen-bond donors (Lipinski definition) is 2. The first kappa shape index (κ1) is 32.9. The minimum absolute atomic E-state index is 0.119. The van der Waals surface area contributed by atoms with Crippen LogP contribution in [0.25, 0.3) is 0 Å². The molecule has 0 aromatic carbocycles. The molecule has 0 saturated heterocycles. The summed E-state index contributed by atoms with van der Waals surface area (Å²) in [6.07, 6.45) is 6.65. The number of amides is 2. The summed E-state index contributed by atoms with van der Waals surface area (Å²) in [5.74, 6) is -2.19. The van der Waals surface area contributed by atoms with Gasteiger partial charge in [-0.15, -0.1) is 0 Å². The highest BCUT2D eigenvalue weighted by Gasteiger charge is 2.36. The van der Waals surface area contributed by atoms with E-state index in [1.165, 1.54) is 13.2 Å². The van der Waals surface area contributed by atoms with Crippen LogP contribution < -0.4 is 11.1 Å². The van der Waals surface area contributed by atoms with Crippen molar-refractivity contribution >= 4 is 23.6 Å². The van der Waals surface area contributed by atoms with Crippen LogP contribution in [0.2, 0.25) is 0 Å². The van der Waals surface area contributed by atoms with E-state index < -0.39 is 48.0 Å². The van der Waals surface area contributed by atoms with E-state index in [0.717, 1.165) is 11.6 Å². The number of allylic oxidation sites excluding steroid dienone is 5. The van der Waals surface area contributed by atoms with Gasteiger partial charge in [-0.3, -0.25) is 14.4 Å². The summed E-state index contributed by atoms with van der Waals surface area (Å²) in [7, 11) is 4.64. The average molecular weight is 559 g/mol. The molecule has 0 radical (unpaired) electrons. The molecule has 2 bridgehead atoms. The number of fused-ring (bicyclic) bond motifs is 2. The zero-order valence-electron chi connectivity index (χ0n) is 24.6. The molecule has 3 N–H and O–H groups in total. The van der Waals surface area contributed by atoms with Gasteiger partial charge >= 0.3 is 6.09 Å². The van der Waals surface area contributed by atoms with Crippen molar-refractivity contribution in [2.45, 2.75) is 65.5 Å². The van der Waals surface area contributed by atoms with Gasteiger partial charge in [-0.2, -0.15) is 0 Å². The minimum atomic E-state index is -0.902. The Labute approximate surface area is 236 Å². The lowest BCUT2D eigenvalue weighted by Crippen LogP contribution is -2.40. The maximum Gasteiger partial charge on any atom is 0.405 e. The summed E-state index contributed by atoms with van der Waals surface area (Å²) in [5.41, 5.74) is 6.49. The number of Topliss-reactive ketones (excluding diaryl/α,β-unsaturated/α-hetero) is 1. The van der Waals surface area contributed by atoms with Gasteiger partial charge in [0.15, 0.2) is 5.78 Å². The van der Waals surface area contributed by atoms with Gasteiger partial charge < -0.3 is 30.0 Å². The summed E-state index contributed by atoms with van der Waals surface area (Å²) in [5, 5.41) is 2.56. The van der Waals surface area contributed by atoms with Crippen molar-refractivity contribution in [3.8, 4) is 0 Å². The van der Waals surface area contributed by atoms with Crippen molar-refractivity contribution in [1.82, 2.24) is 5.32 Å². The normalized spacial score (nSPS) is 34.4. The summed E-state index contributed by atoms with van der Waals surface area (Å²) in [4.78, 5) is 50.5. The van der Waals surface area contributed by atoms with E-state index in [4.69, 9.17) is 24.7 Å². The van der Waals surface area contributed by atoms with E-state index in [-0.39, 0.29) is 29.0 Å². The zero-order chi connectivity index (χ0) is 30.1. The molecular formula is C30H42N2O8. The molecule has 2 aliphatic rings. The minimum Gasteiger partial charge on any atom is -0.441 e. The van der Waals surface area contributed by atoms with Crippen molar-refractivity contribution in [1.29, 1.82) is 0 Å². The Morgan fingerprint density at radius 2 is 1.62 bits per heavy atom. The predicted octanol–water partition coefficient (Wildman–Crippen LogP) is 3.33. The Morgan fingerprint density at radius 3 is 2.20 bits per heavy atom. The molecule has 2 amide bonds. The number of primary amides is 1. The van der Waals surface area contributed by atoms with Crippen LogP contribution in [-0.2, 0) is 33.3 Å². The second-order valence-corrected chi connectivity index (χ2v) is 10.4. The largest absolute Gasteiger partial charge is 0.441 e. The number of nitrogens with two attached hydrogens (primary N) is 1. The van der Waals surface area contributed by atoms with E-state index in [1.54, 1.807) is 39.4 Å². The lowest BCUT2D eigenvalue weighted by atomic mass is 9.83. The number of carbonyl (C=O) groups excluding carboxylic acids is 4. The Bertz CT molecular complexity index is 1130. The Balaban J connectivity index is 2.62. The molecule has 220 valence electrons. The molecular weight excluding hydrogens is 516 g/mol. The number of rotatable bonds is 4. The van der Waals surface area contributed by atoms with Crippen LogP contribution in [0.4, 0.5) is 4.79 Å². The van der Waals surface area contributed by atoms with E-state index >= 15 is 0 Å². The monoisotopic (exact) mass is 558 g/mol. The first-order chi connectivity index (χ1) is 18.8. The van der Waals surface area contributed by atoms with Crippen molar-refractivity contribution in [2.75, 3.05) is 21.3 Å². The maximum absolute atomic E-state index is 13.4. The summed E-state index contributed by atoms with van der Waals surface area (Å²) in [6, 6.07) is 0. The van der Waals surface area contributed by atoms with Crippen molar-refractivity contribution in [3.05, 3.63) is 58.9 Å². The highest BCUT2D eigenvalue weighted by molar-refractivity contribution is 6.22. The number of nitrogens with one attached hydrogen (secondary N) is 1. The molecule has 40 heavy (non-hydrogen) atoms. The van der Waals surface area contributed by atoms with Crippen LogP contribution in [0.15, 0.2) is 58.9 Å². The first-order valence-corrected chi connectivity index (χ1v) is 13.3. The topological polar surface area (TPSA) is 143 Å². The second-order valence-electron chi connectivity index (χ2n) is 10.4. The van der Waals surface area contributed by atoms with Crippen LogP contribution in [0.1, 0.15) is 41.0 Å². The third-order valence-electron chi connectivity index (χ3n) is 7.29. The van der Waals surface area contributed by atoms with E-state index in [2.05, 4.69) is 5.32 Å². The van der Waals surface area contributed by atoms with Crippen LogP contribution in [-0.4, -0.2) is 69.3 Å². The van der Waals surface area contributed by atoms with Gasteiger partial charge in [-0.1, -0.05) is 45.1 Å². The van der Waals surface area contributed by atoms with Gasteiger partial charge in [0.1, 0.15) is 6.10 Å². The fourth-order valence-electron chi connectivity index (χ4n) is 5.27. The Kier molecular flexibility index (Phi) is 12.2. The lowest BCUT2D eigenvalue weighted by molar-refractivity contribution is -0.120. The average Bonchev–Trinajstić information content (AvgIpc) is 2.88. The first-order valence-electron chi connectivity index (χ1n) is 13.3. The third-order valence-corrected chi connectivity index (χ3v) is 7.29. The SMILES string of the molecule is CO[C@H]1[C@@H](OC)C[C@H](C)[C@@H](OC)C2=CC(=O)C=C(NC(=O)/C(C)=C\C=C/[C@@H](C)[C@@H](OC(N)=O)/C(C)=C\[C@@H]1C)C2=O. The summed E-state index contributed by atoms with van der Waals surface area (Å²) >= 11 is 0. The number of ketones is 2. The van der Waals surface area contributed by atoms with Crippen molar-refractivity contribution in [3.63, 3.8) is 0 Å². The van der Waals surface area contributed by atoms with Crippen LogP contribution in [0.5, 0.6) is 0 Å². The highest BCUT2D eigenvalue weighted by Crippen LogP contribution is 2.30. The molecule has 2 rings (SSSR count). The number of carbonyl (C=O) groups is 4. The molecule has 10 heteroatoms. The molecule has 10 nitrogen and oxygen atoms in total. The summed E-state index contributed by atoms with van der Waals surface area (Å²) < 4.78 is 22.9. The molecule has 1 heterocycles. The zero-order valence-corrected chi connectivity index (χ0v) is 24.6. The molecule has 0 fully saturated rings. The fourth-order valence-corrected chi connectivity index (χ4v) is 5.27. The molecule has 0 unspecified atom stereocenters. The number of hydrogen-bond acceptors (Lipinski definition) is 8. The lowest BCUT2D eigenvalue weighted by Gasteiger charge is -2.34. The van der Waals surface area contributed by atoms with Gasteiger partial charge in [-0.25, -0.2) is 4.79 Å². The highest BCUT2D eigenvalue weighted by atomic mass is 16.6. The van der Waals surface area contributed by atoms with Crippen LogP contribution in [0, 0.1) is 17.8 Å². The fraction of sp³-hybridized carbons (Fsp3) is 0.533. The van der Waals surface area contributed by atoms with Crippen LogP contribution in [0.3, 0.4) is 0 Å². The van der Waals surface area contributed by atoms with Gasteiger partial charge in [0.25, 0.3) is 5.91 Å². The van der Waals surface area contributed by atoms with Gasteiger partial charge in [-0.05, 0) is 37.8 Å². The van der Waals surface area contributed by atoms with Gasteiger partial charge in [0.05, 0.1) is 24.0 Å². The maximum atomic E-state index is 13.4. The number of ether oxygens (including phenoxy) is 4. The van der Waals surface area contributed by atoms with E-state index in [0.29, 0.717) is 12.0 Å².